The molecule has 0 aromatic carbocycles. The summed E-state index contributed by atoms with van der Waals surface area (Å²) in [5.74, 6) is 0.865. The highest BCUT2D eigenvalue weighted by molar-refractivity contribution is 7.10. The van der Waals surface area contributed by atoms with Crippen molar-refractivity contribution in [1.29, 1.82) is 0 Å². The van der Waals surface area contributed by atoms with E-state index in [0.29, 0.717) is 6.54 Å². The van der Waals surface area contributed by atoms with Crippen LogP contribution in [-0.2, 0) is 6.42 Å². The largest absolute Gasteiger partial charge is 0.386 e. The molecule has 0 amide bonds. The van der Waals surface area contributed by atoms with Gasteiger partial charge in [0.05, 0.1) is 6.20 Å². The Kier molecular flexibility index (Phi) is 4.17. The Labute approximate surface area is 127 Å². The fourth-order valence-electron chi connectivity index (χ4n) is 2.26. The molecule has 0 aliphatic rings. The lowest BCUT2D eigenvalue weighted by molar-refractivity contribution is 0.195. The van der Waals surface area contributed by atoms with Gasteiger partial charge in [-0.15, -0.1) is 11.3 Å². The van der Waals surface area contributed by atoms with E-state index in [0.717, 1.165) is 34.9 Å². The number of nitrogens with one attached hydrogen (secondary N) is 1. The van der Waals surface area contributed by atoms with E-state index < -0.39 is 6.10 Å². The lowest BCUT2D eigenvalue weighted by atomic mass is 10.2. The molecule has 3 rings (SSSR count). The van der Waals surface area contributed by atoms with Gasteiger partial charge >= 0.3 is 0 Å². The van der Waals surface area contributed by atoms with Crippen molar-refractivity contribution in [3.63, 3.8) is 0 Å². The van der Waals surface area contributed by atoms with Crippen molar-refractivity contribution >= 4 is 22.8 Å². The molecule has 0 spiro atoms. The smallest absolute Gasteiger partial charge is 0.157 e. The summed E-state index contributed by atoms with van der Waals surface area (Å²) in [6.07, 6.45) is 3.20. The first-order valence-corrected chi connectivity index (χ1v) is 7.95. The summed E-state index contributed by atoms with van der Waals surface area (Å²) in [6.45, 7) is 2.58. The van der Waals surface area contributed by atoms with Crippen LogP contribution in [0.3, 0.4) is 0 Å². The van der Waals surface area contributed by atoms with Gasteiger partial charge in [0, 0.05) is 29.2 Å². The molecule has 0 unspecified atom stereocenters. The van der Waals surface area contributed by atoms with E-state index in [1.165, 1.54) is 0 Å². The fraction of sp³-hybridized carbons (Fsp3) is 0.333. The van der Waals surface area contributed by atoms with Crippen LogP contribution in [0.4, 0.5) is 5.82 Å². The highest BCUT2D eigenvalue weighted by atomic mass is 32.1. The number of aromatic nitrogens is 3. The maximum absolute atomic E-state index is 10.2. The Balaban J connectivity index is 1.80. The quantitative estimate of drug-likeness (QED) is 0.735. The molecule has 5 nitrogen and oxygen atoms in total. The number of aliphatic hydroxyl groups is 1. The van der Waals surface area contributed by atoms with Gasteiger partial charge in [-0.05, 0) is 17.9 Å². The number of hydrogen-bond donors (Lipinski definition) is 2. The Morgan fingerprint density at radius 2 is 2.33 bits per heavy atom. The molecule has 21 heavy (non-hydrogen) atoms. The van der Waals surface area contributed by atoms with Gasteiger partial charge in [0.25, 0.3) is 0 Å². The molecule has 0 radical (unpaired) electrons. The van der Waals surface area contributed by atoms with Crippen molar-refractivity contribution in [3.05, 3.63) is 46.4 Å². The minimum Gasteiger partial charge on any atom is -0.386 e. The van der Waals surface area contributed by atoms with Crippen molar-refractivity contribution in [3.8, 4) is 0 Å². The van der Waals surface area contributed by atoms with Gasteiger partial charge in [-0.2, -0.15) is 9.61 Å². The summed E-state index contributed by atoms with van der Waals surface area (Å²) in [4.78, 5) is 5.52. The van der Waals surface area contributed by atoms with Crippen LogP contribution in [0, 0.1) is 0 Å². The Hall–Kier alpha value is -1.92. The summed E-state index contributed by atoms with van der Waals surface area (Å²) in [7, 11) is 0. The van der Waals surface area contributed by atoms with Crippen molar-refractivity contribution < 1.29 is 5.11 Å². The summed E-state index contributed by atoms with van der Waals surface area (Å²) >= 11 is 1.56. The Morgan fingerprint density at radius 1 is 1.43 bits per heavy atom. The summed E-state index contributed by atoms with van der Waals surface area (Å²) in [6, 6.07) is 7.78. The first kappa shape index (κ1) is 14.0. The predicted molar refractivity (Wildman–Crippen MR) is 84.8 cm³/mol. The normalized spacial score (nSPS) is 12.7. The molecular weight excluding hydrogens is 284 g/mol. The van der Waals surface area contributed by atoms with Crippen LogP contribution < -0.4 is 5.32 Å². The zero-order valence-corrected chi connectivity index (χ0v) is 12.7. The molecule has 0 fully saturated rings. The van der Waals surface area contributed by atoms with Gasteiger partial charge < -0.3 is 10.4 Å². The number of rotatable bonds is 6. The molecule has 0 saturated carbocycles. The lowest BCUT2D eigenvalue weighted by Gasteiger charge is -2.13. The molecule has 0 aliphatic heterocycles. The number of aliphatic hydroxyl groups excluding tert-OH is 1. The average molecular weight is 302 g/mol. The third-order valence-electron chi connectivity index (χ3n) is 3.27. The minimum absolute atomic E-state index is 0.449. The number of anilines is 1. The predicted octanol–water partition coefficient (Wildman–Crippen LogP) is 2.89. The molecule has 3 aromatic rings. The molecule has 0 bridgehead atoms. The van der Waals surface area contributed by atoms with Crippen LogP contribution in [0.25, 0.3) is 5.65 Å². The van der Waals surface area contributed by atoms with Gasteiger partial charge in [-0.3, -0.25) is 0 Å². The number of nitrogens with zero attached hydrogens (tertiary/aromatic N) is 3. The van der Waals surface area contributed by atoms with E-state index in [-0.39, 0.29) is 0 Å². The zero-order chi connectivity index (χ0) is 14.7. The van der Waals surface area contributed by atoms with E-state index in [4.69, 9.17) is 0 Å². The van der Waals surface area contributed by atoms with Crippen molar-refractivity contribution in [2.24, 2.45) is 0 Å². The average Bonchev–Trinajstić information content (AvgIpc) is 3.15. The molecule has 0 saturated heterocycles. The second kappa shape index (κ2) is 6.24. The molecule has 6 heteroatoms. The van der Waals surface area contributed by atoms with Crippen molar-refractivity contribution in [2.75, 3.05) is 11.9 Å². The van der Waals surface area contributed by atoms with Gasteiger partial charge in [0.1, 0.15) is 11.9 Å². The summed E-state index contributed by atoms with van der Waals surface area (Å²) < 4.78 is 1.76. The zero-order valence-electron chi connectivity index (χ0n) is 11.9. The third kappa shape index (κ3) is 3.06. The number of hydrogen-bond acceptors (Lipinski definition) is 5. The second-order valence-electron chi connectivity index (χ2n) is 4.90. The number of aryl methyl sites for hydroxylation is 1. The molecule has 3 heterocycles. The van der Waals surface area contributed by atoms with Gasteiger partial charge in [-0.1, -0.05) is 19.4 Å². The molecular formula is C15H18N4OS. The second-order valence-corrected chi connectivity index (χ2v) is 5.88. The summed E-state index contributed by atoms with van der Waals surface area (Å²) in [5.41, 5.74) is 1.87. The van der Waals surface area contributed by atoms with E-state index in [1.807, 2.05) is 29.6 Å². The molecule has 3 aromatic heterocycles. The number of fused-ring (bicyclic) bond motifs is 1. The van der Waals surface area contributed by atoms with Crippen molar-refractivity contribution in [1.82, 2.24) is 14.6 Å². The van der Waals surface area contributed by atoms with Gasteiger partial charge in [-0.25, -0.2) is 4.98 Å². The van der Waals surface area contributed by atoms with E-state index >= 15 is 0 Å². The topological polar surface area (TPSA) is 62.5 Å². The van der Waals surface area contributed by atoms with Gasteiger partial charge in [0.2, 0.25) is 0 Å². The molecule has 2 N–H and O–H groups in total. The van der Waals surface area contributed by atoms with Gasteiger partial charge in [0.15, 0.2) is 5.65 Å². The van der Waals surface area contributed by atoms with Crippen LogP contribution >= 0.6 is 11.3 Å². The van der Waals surface area contributed by atoms with Crippen LogP contribution in [-0.4, -0.2) is 26.2 Å². The monoisotopic (exact) mass is 302 g/mol. The fourth-order valence-corrected chi connectivity index (χ4v) is 2.97. The summed E-state index contributed by atoms with van der Waals surface area (Å²) in [5, 5.41) is 19.7. The van der Waals surface area contributed by atoms with Crippen LogP contribution in [0.2, 0.25) is 0 Å². The molecule has 110 valence electrons. The first-order valence-electron chi connectivity index (χ1n) is 7.07. The lowest BCUT2D eigenvalue weighted by Crippen LogP contribution is -2.14. The maximum atomic E-state index is 10.2. The minimum atomic E-state index is -0.515. The van der Waals surface area contributed by atoms with Crippen molar-refractivity contribution in [2.45, 2.75) is 25.9 Å². The maximum Gasteiger partial charge on any atom is 0.157 e. The third-order valence-corrected chi connectivity index (χ3v) is 4.24. The molecule has 1 atom stereocenters. The standard InChI is InChI=1S/C15H18N4OS/c1-2-4-11-9-15(19-14(18-11)6-7-17-19)16-10-12(20)13-5-3-8-21-13/h3,5-9,12,16,20H,2,4,10H2,1H3/t12-/m1/s1. The van der Waals surface area contributed by atoms with Crippen LogP contribution in [0.1, 0.15) is 30.0 Å². The highest BCUT2D eigenvalue weighted by Crippen LogP contribution is 2.20. The van der Waals surface area contributed by atoms with E-state index in [1.54, 1.807) is 22.0 Å². The molecule has 0 aliphatic carbocycles. The first-order chi connectivity index (χ1) is 10.3. The Morgan fingerprint density at radius 3 is 3.10 bits per heavy atom. The van der Waals surface area contributed by atoms with Crippen LogP contribution in [0.5, 0.6) is 0 Å². The Bertz CT molecular complexity index is 708. The number of thiophene rings is 1. The SMILES string of the molecule is CCCc1cc(NC[C@@H](O)c2cccs2)n2nccc2n1. The van der Waals surface area contributed by atoms with E-state index in [2.05, 4.69) is 22.3 Å². The highest BCUT2D eigenvalue weighted by Gasteiger charge is 2.11. The van der Waals surface area contributed by atoms with Crippen LogP contribution in [0.15, 0.2) is 35.8 Å². The van der Waals surface area contributed by atoms with E-state index in [9.17, 15) is 5.11 Å².